The number of hydrogen-bond donors (Lipinski definition) is 0. The van der Waals surface area contributed by atoms with E-state index >= 15 is 0 Å². The molecule has 25 heavy (non-hydrogen) atoms. The smallest absolute Gasteiger partial charge is 0.338 e. The van der Waals surface area contributed by atoms with Crippen LogP contribution in [0.5, 0.6) is 0 Å². The van der Waals surface area contributed by atoms with E-state index in [1.807, 2.05) is 0 Å². The van der Waals surface area contributed by atoms with Crippen LogP contribution >= 0.6 is 0 Å². The van der Waals surface area contributed by atoms with Crippen LogP contribution in [-0.4, -0.2) is 25.5 Å². The van der Waals surface area contributed by atoms with E-state index in [1.54, 1.807) is 47.6 Å². The van der Waals surface area contributed by atoms with Crippen molar-refractivity contribution in [2.24, 2.45) is 0 Å². The fourth-order valence-corrected chi connectivity index (χ4v) is 2.19. The number of pyridine rings is 1. The highest BCUT2D eigenvalue weighted by atomic mass is 16.5. The van der Waals surface area contributed by atoms with Gasteiger partial charge in [0.05, 0.1) is 18.0 Å². The van der Waals surface area contributed by atoms with Crippen LogP contribution in [0, 0.1) is 0 Å². The molecular formula is C17H12N4O4. The zero-order valence-corrected chi connectivity index (χ0v) is 12.9. The molecule has 0 aromatic carbocycles. The van der Waals surface area contributed by atoms with Crippen LogP contribution in [0.1, 0.15) is 16.1 Å². The molecule has 0 aliphatic carbocycles. The van der Waals surface area contributed by atoms with Gasteiger partial charge in [0.1, 0.15) is 12.1 Å². The maximum Gasteiger partial charge on any atom is 0.338 e. The van der Waals surface area contributed by atoms with Crippen LogP contribution in [0.2, 0.25) is 0 Å². The van der Waals surface area contributed by atoms with Gasteiger partial charge in [-0.05, 0) is 24.3 Å². The lowest BCUT2D eigenvalue weighted by molar-refractivity contribution is 0.0446. The van der Waals surface area contributed by atoms with Crippen LogP contribution in [-0.2, 0) is 11.3 Å². The van der Waals surface area contributed by atoms with Gasteiger partial charge in [-0.2, -0.15) is 0 Å². The van der Waals surface area contributed by atoms with Crippen LogP contribution in [0.15, 0.2) is 70.5 Å². The Labute approximate surface area is 141 Å². The number of carbonyl (C=O) groups excluding carboxylic acids is 1. The maximum atomic E-state index is 12.2. The molecule has 0 unspecified atom stereocenters. The normalized spacial score (nSPS) is 10.7. The second-order valence-corrected chi connectivity index (χ2v) is 5.06. The van der Waals surface area contributed by atoms with Gasteiger partial charge in [0, 0.05) is 18.6 Å². The first kappa shape index (κ1) is 14.9. The standard InChI is InChI=1S/C17H12N4O4/c22-17(12-3-4-19-15(8-12)21-6-5-18-11-21)24-10-13-9-20-16(25-13)14-2-1-7-23-14/h1-9,11H,10H2. The second kappa shape index (κ2) is 6.44. The van der Waals surface area contributed by atoms with Gasteiger partial charge in [-0.15, -0.1) is 0 Å². The molecule has 8 nitrogen and oxygen atoms in total. The zero-order valence-electron chi connectivity index (χ0n) is 12.9. The summed E-state index contributed by atoms with van der Waals surface area (Å²) in [6.45, 7) is -0.0325. The minimum atomic E-state index is -0.486. The van der Waals surface area contributed by atoms with E-state index in [2.05, 4.69) is 15.0 Å². The van der Waals surface area contributed by atoms with Gasteiger partial charge in [0.2, 0.25) is 0 Å². The molecule has 0 saturated carbocycles. The molecule has 0 atom stereocenters. The largest absolute Gasteiger partial charge is 0.459 e. The molecule has 0 spiro atoms. The van der Waals surface area contributed by atoms with Crippen molar-refractivity contribution in [3.8, 4) is 17.5 Å². The fourth-order valence-electron chi connectivity index (χ4n) is 2.19. The Balaban J connectivity index is 1.43. The molecule has 0 aliphatic heterocycles. The van der Waals surface area contributed by atoms with Crippen LogP contribution in [0.4, 0.5) is 0 Å². The number of carbonyl (C=O) groups is 1. The molecular weight excluding hydrogens is 324 g/mol. The highest BCUT2D eigenvalue weighted by Gasteiger charge is 2.13. The monoisotopic (exact) mass is 336 g/mol. The number of imidazole rings is 1. The molecule has 0 N–H and O–H groups in total. The Morgan fingerprint density at radius 2 is 2.20 bits per heavy atom. The van der Waals surface area contributed by atoms with Crippen molar-refractivity contribution in [2.45, 2.75) is 6.61 Å². The minimum absolute atomic E-state index is 0.0325. The number of oxazole rings is 1. The van der Waals surface area contributed by atoms with E-state index in [1.165, 1.54) is 18.7 Å². The summed E-state index contributed by atoms with van der Waals surface area (Å²) >= 11 is 0. The van der Waals surface area contributed by atoms with E-state index < -0.39 is 5.97 Å². The number of esters is 1. The zero-order chi connectivity index (χ0) is 17.1. The Morgan fingerprint density at radius 1 is 1.24 bits per heavy atom. The van der Waals surface area contributed by atoms with Crippen molar-refractivity contribution >= 4 is 5.97 Å². The minimum Gasteiger partial charge on any atom is -0.459 e. The Bertz CT molecular complexity index is 974. The van der Waals surface area contributed by atoms with E-state index in [9.17, 15) is 4.79 Å². The lowest BCUT2D eigenvalue weighted by Gasteiger charge is -2.05. The van der Waals surface area contributed by atoms with Gasteiger partial charge in [-0.1, -0.05) is 0 Å². The van der Waals surface area contributed by atoms with Crippen molar-refractivity contribution in [1.29, 1.82) is 0 Å². The molecule has 8 heteroatoms. The van der Waals surface area contributed by atoms with Crippen molar-refractivity contribution in [1.82, 2.24) is 19.5 Å². The summed E-state index contributed by atoms with van der Waals surface area (Å²) in [4.78, 5) is 24.4. The first-order valence-electron chi connectivity index (χ1n) is 7.40. The van der Waals surface area contributed by atoms with E-state index in [-0.39, 0.29) is 6.61 Å². The molecule has 124 valence electrons. The van der Waals surface area contributed by atoms with Crippen molar-refractivity contribution < 1.29 is 18.4 Å². The molecule has 0 radical (unpaired) electrons. The van der Waals surface area contributed by atoms with E-state index in [0.29, 0.717) is 28.8 Å². The molecule has 0 bridgehead atoms. The lowest BCUT2D eigenvalue weighted by atomic mass is 10.2. The predicted molar refractivity (Wildman–Crippen MR) is 84.7 cm³/mol. The molecule has 4 aromatic heterocycles. The molecule has 0 fully saturated rings. The quantitative estimate of drug-likeness (QED) is 0.517. The first-order valence-corrected chi connectivity index (χ1v) is 7.40. The number of nitrogens with zero attached hydrogens (tertiary/aromatic N) is 4. The molecule has 0 amide bonds. The molecule has 4 heterocycles. The Kier molecular flexibility index (Phi) is 3.83. The Hall–Kier alpha value is -3.68. The molecule has 0 aliphatic rings. The summed E-state index contributed by atoms with van der Waals surface area (Å²) in [5, 5.41) is 0. The van der Waals surface area contributed by atoms with Gasteiger partial charge < -0.3 is 13.6 Å². The van der Waals surface area contributed by atoms with E-state index in [0.717, 1.165) is 0 Å². The third kappa shape index (κ3) is 3.18. The fraction of sp³-hybridized carbons (Fsp3) is 0.0588. The maximum absolute atomic E-state index is 12.2. The van der Waals surface area contributed by atoms with Crippen molar-refractivity contribution in [3.63, 3.8) is 0 Å². The van der Waals surface area contributed by atoms with Gasteiger partial charge in [-0.3, -0.25) is 4.57 Å². The lowest BCUT2D eigenvalue weighted by Crippen LogP contribution is -2.06. The number of rotatable bonds is 5. The Morgan fingerprint density at radius 3 is 3.00 bits per heavy atom. The number of furan rings is 1. The highest BCUT2D eigenvalue weighted by Crippen LogP contribution is 2.20. The SMILES string of the molecule is O=C(OCc1cnc(-c2ccco2)o1)c1ccnc(-n2ccnc2)c1. The molecule has 0 saturated heterocycles. The summed E-state index contributed by atoms with van der Waals surface area (Å²) in [5.41, 5.74) is 0.379. The van der Waals surface area contributed by atoms with Crippen LogP contribution in [0.3, 0.4) is 0 Å². The van der Waals surface area contributed by atoms with Crippen LogP contribution < -0.4 is 0 Å². The summed E-state index contributed by atoms with van der Waals surface area (Å²) in [6, 6.07) is 6.67. The molecule has 4 aromatic rings. The highest BCUT2D eigenvalue weighted by molar-refractivity contribution is 5.89. The summed E-state index contributed by atoms with van der Waals surface area (Å²) < 4.78 is 17.6. The predicted octanol–water partition coefficient (Wildman–Crippen LogP) is 2.87. The summed E-state index contributed by atoms with van der Waals surface area (Å²) in [7, 11) is 0. The number of ether oxygens (including phenoxy) is 1. The third-order valence-corrected chi connectivity index (χ3v) is 3.38. The summed E-state index contributed by atoms with van der Waals surface area (Å²) in [5.74, 6) is 1.36. The van der Waals surface area contributed by atoms with Crippen LogP contribution in [0.25, 0.3) is 17.5 Å². The number of aromatic nitrogens is 4. The first-order chi connectivity index (χ1) is 12.3. The second-order valence-electron chi connectivity index (χ2n) is 5.06. The third-order valence-electron chi connectivity index (χ3n) is 3.38. The van der Waals surface area contributed by atoms with Gasteiger partial charge in [-0.25, -0.2) is 19.7 Å². The van der Waals surface area contributed by atoms with E-state index in [4.69, 9.17) is 13.6 Å². The average Bonchev–Trinajstić information content (AvgIpc) is 3.42. The van der Waals surface area contributed by atoms with Gasteiger partial charge in [0.15, 0.2) is 18.1 Å². The van der Waals surface area contributed by atoms with Crippen molar-refractivity contribution in [2.75, 3.05) is 0 Å². The number of hydrogen-bond acceptors (Lipinski definition) is 7. The topological polar surface area (TPSA) is 96.2 Å². The van der Waals surface area contributed by atoms with Gasteiger partial charge in [0.25, 0.3) is 5.89 Å². The van der Waals surface area contributed by atoms with Gasteiger partial charge >= 0.3 is 5.97 Å². The summed E-state index contributed by atoms with van der Waals surface area (Å²) in [6.07, 6.45) is 9.53. The van der Waals surface area contributed by atoms with Crippen molar-refractivity contribution in [3.05, 3.63) is 73.0 Å². The molecule has 4 rings (SSSR count). The average molecular weight is 336 g/mol.